The topological polar surface area (TPSA) is 49.8 Å². The predicted octanol–water partition coefficient (Wildman–Crippen LogP) is 4.12. The number of aliphatic hydroxyl groups is 1. The van der Waals surface area contributed by atoms with Crippen molar-refractivity contribution >= 4 is 5.97 Å². The number of hydrogen-bond acceptors (Lipinski definition) is 4. The molecule has 0 saturated carbocycles. The number of halogens is 1. The molecule has 152 valence electrons. The van der Waals surface area contributed by atoms with Gasteiger partial charge in [0.05, 0.1) is 11.5 Å². The van der Waals surface area contributed by atoms with Gasteiger partial charge in [-0.15, -0.1) is 0 Å². The van der Waals surface area contributed by atoms with E-state index in [0.29, 0.717) is 19.3 Å². The fourth-order valence-electron chi connectivity index (χ4n) is 3.93. The first-order valence-electron chi connectivity index (χ1n) is 9.70. The Labute approximate surface area is 166 Å². The van der Waals surface area contributed by atoms with Crippen molar-refractivity contribution in [3.8, 4) is 0 Å². The van der Waals surface area contributed by atoms with Crippen LogP contribution in [0, 0.1) is 11.7 Å². The van der Waals surface area contributed by atoms with E-state index in [9.17, 15) is 14.3 Å². The lowest BCUT2D eigenvalue weighted by atomic mass is 9.72. The third kappa shape index (κ3) is 4.97. The first-order chi connectivity index (χ1) is 13.5. The van der Waals surface area contributed by atoms with Crippen LogP contribution in [0.5, 0.6) is 0 Å². The summed E-state index contributed by atoms with van der Waals surface area (Å²) in [5.41, 5.74) is 1.08. The molecule has 2 rings (SSSR count). The molecule has 0 heterocycles. The number of esters is 1. The summed E-state index contributed by atoms with van der Waals surface area (Å²) in [7, 11) is 3.82. The number of rotatable bonds is 10. The third-order valence-corrected chi connectivity index (χ3v) is 5.35. The van der Waals surface area contributed by atoms with Crippen molar-refractivity contribution in [2.24, 2.45) is 5.92 Å². The molecule has 5 heteroatoms. The minimum atomic E-state index is -0.695. The summed E-state index contributed by atoms with van der Waals surface area (Å²) in [5.74, 6) is -1.07. The summed E-state index contributed by atoms with van der Waals surface area (Å²) in [6.45, 7) is 2.19. The maximum absolute atomic E-state index is 13.5. The van der Waals surface area contributed by atoms with Crippen LogP contribution in [0.4, 0.5) is 4.39 Å². The zero-order valence-electron chi connectivity index (χ0n) is 16.9. The number of carbonyl (C=O) groups excluding carboxylic acids is 1. The second-order valence-corrected chi connectivity index (χ2v) is 7.21. The molecule has 0 aromatic heterocycles. The van der Waals surface area contributed by atoms with E-state index >= 15 is 0 Å². The van der Waals surface area contributed by atoms with Gasteiger partial charge in [-0.25, -0.2) is 4.39 Å². The molecule has 0 spiro atoms. The van der Waals surface area contributed by atoms with Gasteiger partial charge >= 0.3 is 5.97 Å². The van der Waals surface area contributed by atoms with Crippen molar-refractivity contribution in [3.63, 3.8) is 0 Å². The van der Waals surface area contributed by atoms with Crippen LogP contribution < -0.4 is 0 Å². The molecular weight excluding hydrogens is 357 g/mol. The Hall–Kier alpha value is -2.24. The summed E-state index contributed by atoms with van der Waals surface area (Å²) < 4.78 is 19.2. The number of hydrogen-bond donors (Lipinski definition) is 1. The van der Waals surface area contributed by atoms with Crippen molar-refractivity contribution in [1.29, 1.82) is 0 Å². The highest BCUT2D eigenvalue weighted by Gasteiger charge is 2.45. The van der Waals surface area contributed by atoms with Gasteiger partial charge in [-0.05, 0) is 56.6 Å². The van der Waals surface area contributed by atoms with Crippen molar-refractivity contribution in [1.82, 2.24) is 4.90 Å². The van der Waals surface area contributed by atoms with Crippen molar-refractivity contribution in [2.75, 3.05) is 20.7 Å². The summed E-state index contributed by atoms with van der Waals surface area (Å²) >= 11 is 0. The Morgan fingerprint density at radius 3 is 2.32 bits per heavy atom. The molecule has 0 aliphatic heterocycles. The number of carbonyl (C=O) groups is 1. The maximum Gasteiger partial charge on any atom is 0.311 e. The lowest BCUT2D eigenvalue weighted by Crippen LogP contribution is -2.51. The van der Waals surface area contributed by atoms with Gasteiger partial charge in [0.25, 0.3) is 0 Å². The molecule has 0 bridgehead atoms. The summed E-state index contributed by atoms with van der Waals surface area (Å²) in [4.78, 5) is 15.1. The van der Waals surface area contributed by atoms with E-state index in [1.54, 1.807) is 12.1 Å². The van der Waals surface area contributed by atoms with Gasteiger partial charge < -0.3 is 9.84 Å². The Kier molecular flexibility index (Phi) is 8.15. The lowest BCUT2D eigenvalue weighted by Gasteiger charge is -2.45. The van der Waals surface area contributed by atoms with Crippen LogP contribution in [0.25, 0.3) is 0 Å². The first kappa shape index (κ1) is 22.1. The second-order valence-electron chi connectivity index (χ2n) is 7.21. The van der Waals surface area contributed by atoms with E-state index in [2.05, 4.69) is 0 Å². The van der Waals surface area contributed by atoms with Gasteiger partial charge in [0, 0.05) is 6.61 Å². The fraction of sp³-hybridized carbons (Fsp3) is 0.435. The highest BCUT2D eigenvalue weighted by atomic mass is 19.1. The highest BCUT2D eigenvalue weighted by Crippen LogP contribution is 2.41. The smallest absolute Gasteiger partial charge is 0.311 e. The van der Waals surface area contributed by atoms with E-state index in [0.717, 1.165) is 11.1 Å². The van der Waals surface area contributed by atoms with Crippen molar-refractivity contribution in [3.05, 3.63) is 71.5 Å². The fourth-order valence-corrected chi connectivity index (χ4v) is 3.93. The van der Waals surface area contributed by atoms with Gasteiger partial charge in [-0.2, -0.15) is 0 Å². The van der Waals surface area contributed by atoms with E-state index in [4.69, 9.17) is 4.74 Å². The Bertz CT molecular complexity index is 733. The van der Waals surface area contributed by atoms with Gasteiger partial charge in [-0.1, -0.05) is 49.4 Å². The molecule has 2 unspecified atom stereocenters. The van der Waals surface area contributed by atoms with Crippen LogP contribution in [-0.4, -0.2) is 36.7 Å². The van der Waals surface area contributed by atoms with Crippen LogP contribution in [0.15, 0.2) is 54.6 Å². The van der Waals surface area contributed by atoms with Crippen LogP contribution in [-0.2, 0) is 21.7 Å². The number of ether oxygens (including phenoxy) is 1. The molecule has 2 atom stereocenters. The van der Waals surface area contributed by atoms with Crippen LogP contribution in [0.1, 0.15) is 37.3 Å². The molecule has 0 saturated heterocycles. The Balaban J connectivity index is 2.36. The summed E-state index contributed by atoms with van der Waals surface area (Å²) in [5, 5.41) is 9.45. The number of nitrogens with zero attached hydrogens (tertiary/aromatic N) is 1. The SMILES string of the molecule is CCC(C(=O)OCc1ccccc1)C(CCCO)(c1ccc(F)cc1)N(C)C. The zero-order chi connectivity index (χ0) is 20.6. The van der Waals surface area contributed by atoms with E-state index in [1.165, 1.54) is 12.1 Å². The molecule has 1 N–H and O–H groups in total. The Morgan fingerprint density at radius 1 is 1.14 bits per heavy atom. The standard InChI is InChI=1S/C23H30FNO3/c1-4-21(22(27)28-17-18-9-6-5-7-10-18)23(25(2)3,15-8-16-26)19-11-13-20(24)14-12-19/h5-7,9-14,21,26H,4,8,15-17H2,1-3H3. The zero-order valence-corrected chi connectivity index (χ0v) is 16.9. The minimum Gasteiger partial charge on any atom is -0.461 e. The number of aliphatic hydroxyl groups excluding tert-OH is 1. The normalized spacial score (nSPS) is 14.5. The van der Waals surface area contributed by atoms with Crippen LogP contribution in [0.2, 0.25) is 0 Å². The van der Waals surface area contributed by atoms with Crippen LogP contribution in [0.3, 0.4) is 0 Å². The lowest BCUT2D eigenvalue weighted by molar-refractivity contribution is -0.157. The van der Waals surface area contributed by atoms with E-state index < -0.39 is 11.5 Å². The van der Waals surface area contributed by atoms with Crippen molar-refractivity contribution in [2.45, 2.75) is 38.3 Å². The summed E-state index contributed by atoms with van der Waals surface area (Å²) in [6, 6.07) is 15.8. The highest BCUT2D eigenvalue weighted by molar-refractivity contribution is 5.74. The van der Waals surface area contributed by atoms with E-state index in [-0.39, 0.29) is 25.0 Å². The van der Waals surface area contributed by atoms with Crippen LogP contribution >= 0.6 is 0 Å². The predicted molar refractivity (Wildman–Crippen MR) is 108 cm³/mol. The molecule has 4 nitrogen and oxygen atoms in total. The Morgan fingerprint density at radius 2 is 1.79 bits per heavy atom. The molecule has 2 aromatic carbocycles. The monoisotopic (exact) mass is 387 g/mol. The average molecular weight is 387 g/mol. The quantitative estimate of drug-likeness (QED) is 0.623. The molecule has 0 aliphatic carbocycles. The van der Waals surface area contributed by atoms with Gasteiger partial charge in [0.15, 0.2) is 0 Å². The second kappa shape index (κ2) is 10.3. The molecule has 0 radical (unpaired) electrons. The minimum absolute atomic E-state index is 0.0201. The molecule has 2 aromatic rings. The van der Waals surface area contributed by atoms with Crippen molar-refractivity contribution < 1.29 is 19.0 Å². The molecule has 0 fully saturated rings. The molecule has 28 heavy (non-hydrogen) atoms. The van der Waals surface area contributed by atoms with Gasteiger partial charge in [0.1, 0.15) is 12.4 Å². The molecular formula is C23H30FNO3. The average Bonchev–Trinajstić information content (AvgIpc) is 2.70. The molecule has 0 aliphatic rings. The first-order valence-corrected chi connectivity index (χ1v) is 9.70. The maximum atomic E-state index is 13.5. The number of benzene rings is 2. The third-order valence-electron chi connectivity index (χ3n) is 5.35. The van der Waals surface area contributed by atoms with Gasteiger partial charge in [-0.3, -0.25) is 9.69 Å². The summed E-state index contributed by atoms with van der Waals surface area (Å²) in [6.07, 6.45) is 1.65. The van der Waals surface area contributed by atoms with E-state index in [1.807, 2.05) is 56.3 Å². The van der Waals surface area contributed by atoms with Gasteiger partial charge in [0.2, 0.25) is 0 Å². The molecule has 0 amide bonds. The largest absolute Gasteiger partial charge is 0.461 e.